The number of carbonyl (C=O) groups excluding carboxylic acids is 1. The summed E-state index contributed by atoms with van der Waals surface area (Å²) in [6, 6.07) is 5.72. The lowest BCUT2D eigenvalue weighted by atomic mass is 10.2. The number of halogens is 1. The lowest BCUT2D eigenvalue weighted by Gasteiger charge is -2.25. The van der Waals surface area contributed by atoms with E-state index in [-0.39, 0.29) is 36.4 Å². The number of amides is 1. The molecule has 1 aromatic rings. The molecule has 0 saturated carbocycles. The van der Waals surface area contributed by atoms with E-state index >= 15 is 0 Å². The van der Waals surface area contributed by atoms with Crippen molar-refractivity contribution in [2.45, 2.75) is 27.3 Å². The Bertz CT molecular complexity index is 607. The number of rotatable bonds is 9. The van der Waals surface area contributed by atoms with Gasteiger partial charge in [-0.2, -0.15) is 0 Å². The molecule has 0 atom stereocenters. The molecule has 8 heteroatoms. The zero-order valence-corrected chi connectivity index (χ0v) is 19.6. The van der Waals surface area contributed by atoms with Crippen LogP contribution < -0.4 is 14.8 Å². The van der Waals surface area contributed by atoms with Crippen molar-refractivity contribution < 1.29 is 14.3 Å². The summed E-state index contributed by atoms with van der Waals surface area (Å²) in [5, 5.41) is 3.23. The van der Waals surface area contributed by atoms with Crippen molar-refractivity contribution in [3.05, 3.63) is 23.8 Å². The average Bonchev–Trinajstić information content (AvgIpc) is 2.65. The Morgan fingerprint density at radius 1 is 1.15 bits per heavy atom. The number of aliphatic imine (C=N–C) groups is 1. The van der Waals surface area contributed by atoms with Gasteiger partial charge in [0, 0.05) is 32.2 Å². The molecule has 0 bridgehead atoms. The third-order valence-corrected chi connectivity index (χ3v) is 4.07. The number of likely N-dealkylation sites (N-methyl/N-ethyl adjacent to an activating group) is 2. The van der Waals surface area contributed by atoms with Gasteiger partial charge in [0.25, 0.3) is 0 Å². The maximum absolute atomic E-state index is 12.3. The van der Waals surface area contributed by atoms with Gasteiger partial charge in [-0.25, -0.2) is 4.99 Å². The van der Waals surface area contributed by atoms with Crippen molar-refractivity contribution in [2.24, 2.45) is 4.99 Å². The van der Waals surface area contributed by atoms with Crippen LogP contribution in [0.3, 0.4) is 0 Å². The van der Waals surface area contributed by atoms with Crippen LogP contribution in [0.15, 0.2) is 23.2 Å². The standard InChI is InChI=1S/C19H32N4O3.HI/c1-7-20-19(22(4)14-17(24)23(8-2)9-3)21-13-15-11-10-12-16(25-5)18(15)26-6;/h10-12H,7-9,13-14H2,1-6H3,(H,20,21);1H. The zero-order valence-electron chi connectivity index (χ0n) is 17.2. The molecule has 1 amide bonds. The van der Waals surface area contributed by atoms with Gasteiger partial charge in [0.05, 0.1) is 27.3 Å². The van der Waals surface area contributed by atoms with E-state index in [4.69, 9.17) is 9.47 Å². The quantitative estimate of drug-likeness (QED) is 0.326. The highest BCUT2D eigenvalue weighted by atomic mass is 127. The van der Waals surface area contributed by atoms with Crippen LogP contribution in [0.2, 0.25) is 0 Å². The average molecular weight is 492 g/mol. The number of methoxy groups -OCH3 is 2. The highest BCUT2D eigenvalue weighted by Crippen LogP contribution is 2.31. The minimum atomic E-state index is 0. The molecule has 154 valence electrons. The van der Waals surface area contributed by atoms with Crippen molar-refractivity contribution >= 4 is 35.8 Å². The number of nitrogens with zero attached hydrogens (tertiary/aromatic N) is 3. The molecule has 0 aliphatic rings. The molecule has 1 N–H and O–H groups in total. The second kappa shape index (κ2) is 13.5. The van der Waals surface area contributed by atoms with Gasteiger partial charge in [-0.3, -0.25) is 4.79 Å². The van der Waals surface area contributed by atoms with Crippen molar-refractivity contribution in [1.29, 1.82) is 0 Å². The smallest absolute Gasteiger partial charge is 0.242 e. The summed E-state index contributed by atoms with van der Waals surface area (Å²) in [4.78, 5) is 20.7. The summed E-state index contributed by atoms with van der Waals surface area (Å²) in [5.74, 6) is 2.12. The highest BCUT2D eigenvalue weighted by molar-refractivity contribution is 14.0. The first-order valence-electron chi connectivity index (χ1n) is 8.99. The Morgan fingerprint density at radius 3 is 2.33 bits per heavy atom. The summed E-state index contributed by atoms with van der Waals surface area (Å²) in [6.45, 7) is 8.80. The normalized spacial score (nSPS) is 10.7. The zero-order chi connectivity index (χ0) is 19.5. The number of carbonyl (C=O) groups is 1. The van der Waals surface area contributed by atoms with Crippen LogP contribution in [-0.2, 0) is 11.3 Å². The fourth-order valence-corrected chi connectivity index (χ4v) is 2.66. The van der Waals surface area contributed by atoms with Crippen LogP contribution in [0, 0.1) is 0 Å². The molecule has 0 fully saturated rings. The molecule has 0 radical (unpaired) electrons. The van der Waals surface area contributed by atoms with E-state index in [1.165, 1.54) is 0 Å². The molecular formula is C19H33IN4O3. The number of ether oxygens (including phenoxy) is 2. The first-order valence-corrected chi connectivity index (χ1v) is 8.99. The molecule has 0 aliphatic heterocycles. The first kappa shape index (κ1) is 25.3. The van der Waals surface area contributed by atoms with Gasteiger partial charge in [-0.05, 0) is 26.8 Å². The van der Waals surface area contributed by atoms with E-state index in [2.05, 4.69) is 10.3 Å². The summed E-state index contributed by atoms with van der Waals surface area (Å²) in [7, 11) is 5.10. The van der Waals surface area contributed by atoms with E-state index in [0.29, 0.717) is 37.1 Å². The maximum atomic E-state index is 12.3. The van der Waals surface area contributed by atoms with Crippen molar-refractivity contribution in [3.8, 4) is 11.5 Å². The molecule has 0 spiro atoms. The summed E-state index contributed by atoms with van der Waals surface area (Å²) in [5.41, 5.74) is 0.922. The fraction of sp³-hybridized carbons (Fsp3) is 0.579. The largest absolute Gasteiger partial charge is 0.493 e. The van der Waals surface area contributed by atoms with Gasteiger partial charge in [-0.15, -0.1) is 24.0 Å². The second-order valence-corrected chi connectivity index (χ2v) is 5.74. The first-order chi connectivity index (χ1) is 12.5. The number of guanidine groups is 1. The van der Waals surface area contributed by atoms with Gasteiger partial charge in [0.2, 0.25) is 5.91 Å². The van der Waals surface area contributed by atoms with Crippen LogP contribution >= 0.6 is 24.0 Å². The SMILES string of the molecule is CCNC(=NCc1cccc(OC)c1OC)N(C)CC(=O)N(CC)CC.I. The van der Waals surface area contributed by atoms with E-state index in [0.717, 1.165) is 12.1 Å². The molecule has 1 rings (SSSR count). The van der Waals surface area contributed by atoms with E-state index in [1.54, 1.807) is 14.2 Å². The van der Waals surface area contributed by atoms with Crippen LogP contribution in [-0.4, -0.2) is 69.1 Å². The number of nitrogens with one attached hydrogen (secondary N) is 1. The molecule has 1 aromatic carbocycles. The summed E-state index contributed by atoms with van der Waals surface area (Å²) < 4.78 is 10.8. The number of benzene rings is 1. The van der Waals surface area contributed by atoms with Crippen molar-refractivity contribution in [3.63, 3.8) is 0 Å². The fourth-order valence-electron chi connectivity index (χ4n) is 2.66. The lowest BCUT2D eigenvalue weighted by Crippen LogP contribution is -2.45. The van der Waals surface area contributed by atoms with Gasteiger partial charge in [0.15, 0.2) is 17.5 Å². The van der Waals surface area contributed by atoms with Crippen molar-refractivity contribution in [2.75, 3.05) is 47.4 Å². The lowest BCUT2D eigenvalue weighted by molar-refractivity contribution is -0.131. The van der Waals surface area contributed by atoms with E-state index in [1.807, 2.05) is 55.8 Å². The van der Waals surface area contributed by atoms with Gasteiger partial charge in [0.1, 0.15) is 0 Å². The molecule has 27 heavy (non-hydrogen) atoms. The molecule has 0 aromatic heterocycles. The summed E-state index contributed by atoms with van der Waals surface area (Å²) in [6.07, 6.45) is 0. The predicted molar refractivity (Wildman–Crippen MR) is 120 cm³/mol. The Hall–Kier alpha value is -1.71. The highest BCUT2D eigenvalue weighted by Gasteiger charge is 2.15. The Labute approximate surface area is 180 Å². The van der Waals surface area contributed by atoms with Gasteiger partial charge >= 0.3 is 0 Å². The third-order valence-electron chi connectivity index (χ3n) is 4.07. The van der Waals surface area contributed by atoms with Crippen LogP contribution in [0.1, 0.15) is 26.3 Å². The van der Waals surface area contributed by atoms with Gasteiger partial charge in [-0.1, -0.05) is 12.1 Å². The summed E-state index contributed by atoms with van der Waals surface area (Å²) >= 11 is 0. The van der Waals surface area contributed by atoms with Crippen LogP contribution in [0.4, 0.5) is 0 Å². The predicted octanol–water partition coefficient (Wildman–Crippen LogP) is 2.59. The van der Waals surface area contributed by atoms with Crippen molar-refractivity contribution in [1.82, 2.24) is 15.1 Å². The minimum absolute atomic E-state index is 0. The second-order valence-electron chi connectivity index (χ2n) is 5.74. The number of hydrogen-bond acceptors (Lipinski definition) is 4. The van der Waals surface area contributed by atoms with Crippen LogP contribution in [0.25, 0.3) is 0 Å². The Morgan fingerprint density at radius 2 is 1.81 bits per heavy atom. The van der Waals surface area contributed by atoms with Gasteiger partial charge < -0.3 is 24.6 Å². The minimum Gasteiger partial charge on any atom is -0.493 e. The molecule has 0 saturated heterocycles. The molecule has 7 nitrogen and oxygen atoms in total. The number of hydrogen-bond donors (Lipinski definition) is 1. The van der Waals surface area contributed by atoms with Crippen LogP contribution in [0.5, 0.6) is 11.5 Å². The Kier molecular flexibility index (Phi) is 12.6. The van der Waals surface area contributed by atoms with E-state index < -0.39 is 0 Å². The van der Waals surface area contributed by atoms with E-state index in [9.17, 15) is 4.79 Å². The third kappa shape index (κ3) is 7.43. The molecule has 0 heterocycles. The number of para-hydroxylation sites is 1. The topological polar surface area (TPSA) is 66.4 Å². The maximum Gasteiger partial charge on any atom is 0.242 e. The Balaban J connectivity index is 0.00000676. The molecule has 0 unspecified atom stereocenters. The molecular weight excluding hydrogens is 459 g/mol. The monoisotopic (exact) mass is 492 g/mol. The molecule has 0 aliphatic carbocycles.